The molecule has 0 spiro atoms. The first-order valence-corrected chi connectivity index (χ1v) is 5.80. The summed E-state index contributed by atoms with van der Waals surface area (Å²) in [5.74, 6) is 0.662. The van der Waals surface area contributed by atoms with Crippen molar-refractivity contribution in [3.05, 3.63) is 18.7 Å². The van der Waals surface area contributed by atoms with Gasteiger partial charge in [-0.05, 0) is 25.2 Å². The molecule has 1 heterocycles. The van der Waals surface area contributed by atoms with Crippen LogP contribution in [-0.4, -0.2) is 27.1 Å². The molecular weight excluding hydrogens is 206 g/mol. The first-order valence-electron chi connectivity index (χ1n) is 5.80. The zero-order valence-corrected chi connectivity index (χ0v) is 9.37. The molecule has 4 N–H and O–H groups in total. The van der Waals surface area contributed by atoms with E-state index in [2.05, 4.69) is 4.57 Å². The molecule has 2 unspecified atom stereocenters. The van der Waals surface area contributed by atoms with Crippen LogP contribution < -0.4 is 10.3 Å². The topological polar surface area (TPSA) is 75.3 Å². The maximum absolute atomic E-state index is 8.84. The summed E-state index contributed by atoms with van der Waals surface area (Å²) in [4.78, 5) is 0. The zero-order valence-electron chi connectivity index (χ0n) is 9.37. The van der Waals surface area contributed by atoms with Crippen molar-refractivity contribution < 1.29 is 14.8 Å². The third-order valence-electron chi connectivity index (χ3n) is 3.17. The van der Waals surface area contributed by atoms with E-state index in [0.717, 1.165) is 19.4 Å². The first-order chi connectivity index (χ1) is 7.63. The van der Waals surface area contributed by atoms with Crippen molar-refractivity contribution >= 4 is 0 Å². The minimum Gasteiger partial charge on any atom is -0.365 e. The number of rotatable bonds is 4. The molecule has 2 rings (SSSR count). The molecule has 0 bridgehead atoms. The van der Waals surface area contributed by atoms with E-state index in [1.54, 1.807) is 4.57 Å². The van der Waals surface area contributed by atoms with Crippen molar-refractivity contribution in [3.8, 4) is 0 Å². The maximum Gasteiger partial charge on any atom is 0.243 e. The fourth-order valence-corrected chi connectivity index (χ4v) is 2.42. The Kier molecular flexibility index (Phi) is 3.58. The third-order valence-corrected chi connectivity index (χ3v) is 3.17. The third kappa shape index (κ3) is 3.04. The van der Waals surface area contributed by atoms with Gasteiger partial charge >= 0.3 is 0 Å². The van der Waals surface area contributed by atoms with E-state index in [-0.39, 0.29) is 6.54 Å². The van der Waals surface area contributed by atoms with Crippen molar-refractivity contribution in [1.29, 1.82) is 0 Å². The Labute approximate surface area is 95.1 Å². The lowest BCUT2D eigenvalue weighted by atomic mass is 10.1. The molecule has 90 valence electrons. The lowest BCUT2D eigenvalue weighted by Crippen LogP contribution is -2.37. The van der Waals surface area contributed by atoms with Gasteiger partial charge in [0, 0.05) is 6.04 Å². The monoisotopic (exact) mass is 226 g/mol. The second kappa shape index (κ2) is 4.95. The van der Waals surface area contributed by atoms with Crippen LogP contribution in [0, 0.1) is 5.92 Å². The SMILES string of the molecule is NC1CCC(Cn2cc[n+](CC(O)O)c2)C1. The van der Waals surface area contributed by atoms with E-state index < -0.39 is 6.29 Å². The quantitative estimate of drug-likeness (QED) is 0.465. The number of hydrogen-bond donors (Lipinski definition) is 3. The average molecular weight is 226 g/mol. The van der Waals surface area contributed by atoms with E-state index in [1.807, 2.05) is 18.7 Å². The summed E-state index contributed by atoms with van der Waals surface area (Å²) in [6, 6.07) is 0.368. The Morgan fingerprint density at radius 2 is 2.25 bits per heavy atom. The van der Waals surface area contributed by atoms with Crippen LogP contribution in [0.25, 0.3) is 0 Å². The number of hydrogen-bond acceptors (Lipinski definition) is 3. The van der Waals surface area contributed by atoms with Crippen LogP contribution in [0.4, 0.5) is 0 Å². The van der Waals surface area contributed by atoms with Gasteiger partial charge in [0.2, 0.25) is 6.33 Å². The van der Waals surface area contributed by atoms with Crippen molar-refractivity contribution in [2.45, 2.75) is 44.7 Å². The summed E-state index contributed by atoms with van der Waals surface area (Å²) in [5.41, 5.74) is 5.87. The molecule has 1 fully saturated rings. The van der Waals surface area contributed by atoms with Gasteiger partial charge in [0.1, 0.15) is 18.9 Å². The lowest BCUT2D eigenvalue weighted by Gasteiger charge is -2.05. The fraction of sp³-hybridized carbons (Fsp3) is 0.727. The Hall–Kier alpha value is -0.910. The van der Waals surface area contributed by atoms with E-state index in [4.69, 9.17) is 15.9 Å². The van der Waals surface area contributed by atoms with Crippen molar-refractivity contribution in [3.63, 3.8) is 0 Å². The summed E-state index contributed by atoms with van der Waals surface area (Å²) >= 11 is 0. The Balaban J connectivity index is 1.87. The molecule has 1 aromatic heterocycles. The molecule has 0 aliphatic heterocycles. The number of nitrogens with two attached hydrogens (primary N) is 1. The second-order valence-corrected chi connectivity index (χ2v) is 4.73. The Morgan fingerprint density at radius 3 is 2.88 bits per heavy atom. The molecule has 5 heteroatoms. The zero-order chi connectivity index (χ0) is 11.5. The number of imidazole rings is 1. The highest BCUT2D eigenvalue weighted by Gasteiger charge is 2.23. The summed E-state index contributed by atoms with van der Waals surface area (Å²) in [7, 11) is 0. The fourth-order valence-electron chi connectivity index (χ4n) is 2.42. The standard InChI is InChI=1S/C11H20N3O2/c12-10-2-1-9(5-10)6-13-3-4-14(8-13)7-11(15)16/h3-4,8-11,15-16H,1-2,5-7,12H2/q+1. The highest BCUT2D eigenvalue weighted by molar-refractivity contribution is 4.79. The summed E-state index contributed by atoms with van der Waals surface area (Å²) < 4.78 is 3.87. The number of aliphatic hydroxyl groups excluding tert-OH is 1. The van der Waals surface area contributed by atoms with Gasteiger partial charge in [0.25, 0.3) is 0 Å². The molecule has 1 aromatic rings. The molecule has 0 saturated heterocycles. The molecule has 5 nitrogen and oxygen atoms in total. The van der Waals surface area contributed by atoms with Crippen LogP contribution in [0.1, 0.15) is 19.3 Å². The highest BCUT2D eigenvalue weighted by Crippen LogP contribution is 2.25. The van der Waals surface area contributed by atoms with Crippen LogP contribution in [0.5, 0.6) is 0 Å². The summed E-state index contributed by atoms with van der Waals surface area (Å²) in [6.45, 7) is 1.19. The molecule has 0 radical (unpaired) electrons. The molecule has 0 amide bonds. The predicted octanol–water partition coefficient (Wildman–Crippen LogP) is -0.786. The van der Waals surface area contributed by atoms with Crippen molar-refractivity contribution in [1.82, 2.24) is 4.57 Å². The molecule has 1 saturated carbocycles. The van der Waals surface area contributed by atoms with Crippen LogP contribution in [-0.2, 0) is 13.1 Å². The number of aliphatic hydroxyl groups is 2. The van der Waals surface area contributed by atoms with Gasteiger partial charge in [0.15, 0.2) is 6.29 Å². The summed E-state index contributed by atoms with van der Waals surface area (Å²) in [5, 5.41) is 17.7. The van der Waals surface area contributed by atoms with Gasteiger partial charge < -0.3 is 15.9 Å². The van der Waals surface area contributed by atoms with Crippen molar-refractivity contribution in [2.24, 2.45) is 11.7 Å². The largest absolute Gasteiger partial charge is 0.365 e. The van der Waals surface area contributed by atoms with E-state index in [0.29, 0.717) is 12.0 Å². The van der Waals surface area contributed by atoms with Crippen LogP contribution in [0.15, 0.2) is 18.7 Å². The van der Waals surface area contributed by atoms with E-state index in [9.17, 15) is 0 Å². The molecule has 2 atom stereocenters. The van der Waals surface area contributed by atoms with Crippen molar-refractivity contribution in [2.75, 3.05) is 0 Å². The highest BCUT2D eigenvalue weighted by atomic mass is 16.5. The number of aromatic nitrogens is 2. The molecule has 0 aromatic carbocycles. The maximum atomic E-state index is 8.84. The second-order valence-electron chi connectivity index (χ2n) is 4.73. The van der Waals surface area contributed by atoms with Gasteiger partial charge in [-0.15, -0.1) is 0 Å². The Morgan fingerprint density at radius 1 is 1.44 bits per heavy atom. The van der Waals surface area contributed by atoms with Gasteiger partial charge in [-0.2, -0.15) is 0 Å². The normalized spacial score (nSPS) is 25.5. The summed E-state index contributed by atoms with van der Waals surface area (Å²) in [6.07, 6.45) is 7.86. The van der Waals surface area contributed by atoms with Gasteiger partial charge in [-0.3, -0.25) is 0 Å². The predicted molar refractivity (Wildman–Crippen MR) is 58.2 cm³/mol. The van der Waals surface area contributed by atoms with Gasteiger partial charge in [-0.25, -0.2) is 9.13 Å². The minimum atomic E-state index is -1.29. The van der Waals surface area contributed by atoms with Gasteiger partial charge in [0.05, 0.1) is 6.54 Å². The number of nitrogens with zero attached hydrogens (tertiary/aromatic N) is 2. The Bertz CT molecular complexity index is 338. The lowest BCUT2D eigenvalue weighted by molar-refractivity contribution is -0.709. The molecular formula is C11H20N3O2+. The van der Waals surface area contributed by atoms with Crippen LogP contribution >= 0.6 is 0 Å². The minimum absolute atomic E-state index is 0.219. The smallest absolute Gasteiger partial charge is 0.243 e. The molecule has 1 aliphatic rings. The average Bonchev–Trinajstić information content (AvgIpc) is 2.76. The molecule has 1 aliphatic carbocycles. The van der Waals surface area contributed by atoms with E-state index >= 15 is 0 Å². The molecule has 16 heavy (non-hydrogen) atoms. The van der Waals surface area contributed by atoms with E-state index in [1.165, 1.54) is 6.42 Å². The van der Waals surface area contributed by atoms with Crippen LogP contribution in [0.3, 0.4) is 0 Å². The van der Waals surface area contributed by atoms with Gasteiger partial charge in [-0.1, -0.05) is 0 Å². The first kappa shape index (κ1) is 11.6. The van der Waals surface area contributed by atoms with Crippen LogP contribution in [0.2, 0.25) is 0 Å².